The van der Waals surface area contributed by atoms with Gasteiger partial charge in [-0.1, -0.05) is 11.6 Å². The number of nitrogen functional groups attached to an aromatic ring is 1. The van der Waals surface area contributed by atoms with Crippen LogP contribution in [0, 0.1) is 0 Å². The van der Waals surface area contributed by atoms with Crippen LogP contribution < -0.4 is 10.5 Å². The van der Waals surface area contributed by atoms with Crippen molar-refractivity contribution in [1.29, 1.82) is 0 Å². The van der Waals surface area contributed by atoms with Crippen molar-refractivity contribution in [2.45, 2.75) is 19.4 Å². The minimum Gasteiger partial charge on any atom is -0.473 e. The molecule has 14 heavy (non-hydrogen) atoms. The lowest BCUT2D eigenvalue weighted by Gasteiger charge is -2.17. The lowest BCUT2D eigenvalue weighted by Crippen LogP contribution is -2.28. The van der Waals surface area contributed by atoms with E-state index in [1.807, 2.05) is 0 Å². The number of halogens is 1. The molecule has 5 nitrogen and oxygen atoms in total. The van der Waals surface area contributed by atoms with Crippen LogP contribution in [0.4, 0.5) is 5.82 Å². The van der Waals surface area contributed by atoms with Crippen molar-refractivity contribution in [2.24, 2.45) is 0 Å². The Morgan fingerprint density at radius 2 is 2.21 bits per heavy atom. The molecule has 78 valence electrons. The lowest BCUT2D eigenvalue weighted by atomic mass is 10.2. The molecule has 0 unspecified atom stereocenters. The van der Waals surface area contributed by atoms with Crippen molar-refractivity contribution in [1.82, 2.24) is 9.97 Å². The minimum absolute atomic E-state index is 0.0865. The highest BCUT2D eigenvalue weighted by atomic mass is 35.5. The molecule has 1 aromatic rings. The molecule has 0 radical (unpaired) electrons. The summed E-state index contributed by atoms with van der Waals surface area (Å²) in [6, 6.07) is 0. The molecule has 0 atom stereocenters. The molecule has 0 fully saturated rings. The Bertz CT molecular complexity index is 325. The Morgan fingerprint density at radius 1 is 1.57 bits per heavy atom. The van der Waals surface area contributed by atoms with Gasteiger partial charge in [-0.25, -0.2) is 9.97 Å². The van der Waals surface area contributed by atoms with E-state index in [2.05, 4.69) is 9.97 Å². The zero-order chi connectivity index (χ0) is 10.8. The number of hydrogen-bond donors (Lipinski definition) is 2. The second kappa shape index (κ2) is 3.98. The Labute approximate surface area is 86.9 Å². The maximum absolute atomic E-state index is 9.40. The fourth-order valence-electron chi connectivity index (χ4n) is 0.712. The first-order valence-electron chi connectivity index (χ1n) is 4.01. The average molecular weight is 218 g/mol. The highest BCUT2D eigenvalue weighted by Gasteiger charge is 2.16. The third-order valence-electron chi connectivity index (χ3n) is 1.35. The van der Waals surface area contributed by atoms with E-state index in [0.717, 1.165) is 0 Å². The van der Waals surface area contributed by atoms with Gasteiger partial charge in [-0.15, -0.1) is 0 Å². The van der Waals surface area contributed by atoms with E-state index >= 15 is 0 Å². The van der Waals surface area contributed by atoms with E-state index < -0.39 is 5.60 Å². The summed E-state index contributed by atoms with van der Waals surface area (Å²) >= 11 is 5.77. The maximum Gasteiger partial charge on any atom is 0.238 e. The van der Waals surface area contributed by atoms with Crippen LogP contribution in [-0.2, 0) is 0 Å². The van der Waals surface area contributed by atoms with Crippen molar-refractivity contribution in [3.8, 4) is 5.88 Å². The van der Waals surface area contributed by atoms with Crippen LogP contribution in [-0.4, -0.2) is 27.3 Å². The number of nitrogens with two attached hydrogens (primary N) is 1. The first-order chi connectivity index (χ1) is 6.40. The third kappa shape index (κ3) is 3.01. The van der Waals surface area contributed by atoms with Gasteiger partial charge in [0.05, 0.1) is 5.60 Å². The summed E-state index contributed by atoms with van der Waals surface area (Å²) in [5, 5.41) is 9.56. The number of aromatic nitrogens is 2. The molecule has 1 heterocycles. The van der Waals surface area contributed by atoms with E-state index in [-0.39, 0.29) is 23.3 Å². The van der Waals surface area contributed by atoms with Crippen LogP contribution in [0.2, 0.25) is 5.02 Å². The zero-order valence-corrected chi connectivity index (χ0v) is 8.75. The van der Waals surface area contributed by atoms with Gasteiger partial charge in [-0.2, -0.15) is 0 Å². The molecule has 0 spiro atoms. The van der Waals surface area contributed by atoms with Crippen LogP contribution in [0.1, 0.15) is 13.8 Å². The summed E-state index contributed by atoms with van der Waals surface area (Å²) < 4.78 is 5.17. The number of nitrogens with zero attached hydrogens (tertiary/aromatic N) is 2. The van der Waals surface area contributed by atoms with Gasteiger partial charge in [0.2, 0.25) is 5.88 Å². The second-order valence-electron chi connectivity index (χ2n) is 3.48. The molecule has 0 saturated carbocycles. The Balaban J connectivity index is 2.73. The molecule has 0 aliphatic rings. The highest BCUT2D eigenvalue weighted by Crippen LogP contribution is 2.25. The quantitative estimate of drug-likeness (QED) is 0.785. The van der Waals surface area contributed by atoms with Gasteiger partial charge in [0, 0.05) is 0 Å². The maximum atomic E-state index is 9.40. The Morgan fingerprint density at radius 3 is 2.79 bits per heavy atom. The van der Waals surface area contributed by atoms with Crippen molar-refractivity contribution < 1.29 is 9.84 Å². The summed E-state index contributed by atoms with van der Waals surface area (Å²) in [4.78, 5) is 7.46. The van der Waals surface area contributed by atoms with E-state index in [9.17, 15) is 5.11 Å². The predicted molar refractivity (Wildman–Crippen MR) is 53.2 cm³/mol. The molecule has 0 aromatic carbocycles. The van der Waals surface area contributed by atoms with Crippen LogP contribution in [0.3, 0.4) is 0 Å². The van der Waals surface area contributed by atoms with E-state index in [0.29, 0.717) is 0 Å². The Hall–Kier alpha value is -1.07. The molecule has 3 N–H and O–H groups in total. The molecule has 0 saturated heterocycles. The fourth-order valence-corrected chi connectivity index (χ4v) is 0.864. The molecule has 1 rings (SSSR count). The van der Waals surface area contributed by atoms with Gasteiger partial charge in [-0.3, -0.25) is 0 Å². The normalized spacial score (nSPS) is 11.4. The molecular formula is C8H12ClN3O2. The summed E-state index contributed by atoms with van der Waals surface area (Å²) in [6.45, 7) is 3.32. The lowest BCUT2D eigenvalue weighted by molar-refractivity contribution is 0.0268. The predicted octanol–water partition coefficient (Wildman–Crippen LogP) is 0.862. The monoisotopic (exact) mass is 217 g/mol. The molecule has 1 aromatic heterocycles. The van der Waals surface area contributed by atoms with Gasteiger partial charge in [0.25, 0.3) is 0 Å². The first kappa shape index (κ1) is 11.0. The molecule has 0 amide bonds. The van der Waals surface area contributed by atoms with E-state index in [1.54, 1.807) is 13.8 Å². The smallest absolute Gasteiger partial charge is 0.238 e. The van der Waals surface area contributed by atoms with Gasteiger partial charge in [0.15, 0.2) is 0 Å². The second-order valence-corrected chi connectivity index (χ2v) is 3.86. The van der Waals surface area contributed by atoms with E-state index in [4.69, 9.17) is 22.1 Å². The van der Waals surface area contributed by atoms with Crippen LogP contribution in [0.25, 0.3) is 0 Å². The van der Waals surface area contributed by atoms with Gasteiger partial charge >= 0.3 is 0 Å². The molecule has 0 aliphatic heterocycles. The molecular weight excluding hydrogens is 206 g/mol. The topological polar surface area (TPSA) is 81.3 Å². The first-order valence-corrected chi connectivity index (χ1v) is 4.39. The third-order valence-corrected chi connectivity index (χ3v) is 1.70. The molecule has 0 bridgehead atoms. The largest absolute Gasteiger partial charge is 0.473 e. The van der Waals surface area contributed by atoms with Crippen molar-refractivity contribution in [3.05, 3.63) is 11.3 Å². The Kier molecular flexibility index (Phi) is 3.13. The van der Waals surface area contributed by atoms with E-state index in [1.165, 1.54) is 6.33 Å². The van der Waals surface area contributed by atoms with Crippen LogP contribution >= 0.6 is 11.6 Å². The number of anilines is 1. The molecule has 0 aliphatic carbocycles. The van der Waals surface area contributed by atoms with Gasteiger partial charge in [0.1, 0.15) is 23.8 Å². The van der Waals surface area contributed by atoms with Crippen LogP contribution in [0.5, 0.6) is 5.88 Å². The summed E-state index contributed by atoms with van der Waals surface area (Å²) in [5.74, 6) is 0.341. The van der Waals surface area contributed by atoms with Crippen molar-refractivity contribution >= 4 is 17.4 Å². The zero-order valence-electron chi connectivity index (χ0n) is 7.99. The fraction of sp³-hybridized carbons (Fsp3) is 0.500. The summed E-state index contributed by atoms with van der Waals surface area (Å²) in [5.41, 5.74) is 4.49. The summed E-state index contributed by atoms with van der Waals surface area (Å²) in [6.07, 6.45) is 1.25. The SMILES string of the molecule is CC(C)(O)COc1ncnc(N)c1Cl. The molecule has 6 heteroatoms. The van der Waals surface area contributed by atoms with Crippen LogP contribution in [0.15, 0.2) is 6.33 Å². The number of hydrogen-bond acceptors (Lipinski definition) is 5. The van der Waals surface area contributed by atoms with Gasteiger partial charge < -0.3 is 15.6 Å². The standard InChI is InChI=1S/C8H12ClN3O2/c1-8(2,13)3-14-7-5(9)6(10)11-4-12-7/h4,13H,3H2,1-2H3,(H2,10,11,12). The minimum atomic E-state index is -0.941. The van der Waals surface area contributed by atoms with Crippen molar-refractivity contribution in [3.63, 3.8) is 0 Å². The number of rotatable bonds is 3. The summed E-state index contributed by atoms with van der Waals surface area (Å²) in [7, 11) is 0. The average Bonchev–Trinajstić information content (AvgIpc) is 2.06. The number of aliphatic hydroxyl groups is 1. The highest BCUT2D eigenvalue weighted by molar-refractivity contribution is 6.33. The number of ether oxygens (including phenoxy) is 1. The van der Waals surface area contributed by atoms with Gasteiger partial charge in [-0.05, 0) is 13.8 Å². The van der Waals surface area contributed by atoms with Crippen molar-refractivity contribution in [2.75, 3.05) is 12.3 Å².